The summed E-state index contributed by atoms with van der Waals surface area (Å²) in [5, 5.41) is 20.2. The van der Waals surface area contributed by atoms with Crippen LogP contribution in [0.3, 0.4) is 0 Å². The van der Waals surface area contributed by atoms with E-state index in [-0.39, 0.29) is 41.3 Å². The van der Waals surface area contributed by atoms with Gasteiger partial charge in [-0.25, -0.2) is 0 Å². The maximum absolute atomic E-state index is 14.3. The number of carbonyl (C=O) groups is 5. The van der Waals surface area contributed by atoms with E-state index in [1.807, 2.05) is 48.5 Å². The van der Waals surface area contributed by atoms with Crippen LogP contribution < -0.4 is 21.7 Å². The van der Waals surface area contributed by atoms with Crippen molar-refractivity contribution in [3.8, 4) is 0 Å². The predicted octanol–water partition coefficient (Wildman–Crippen LogP) is 2.24. The maximum atomic E-state index is 14.3. The molecule has 0 radical (unpaired) electrons. The Hall–Kier alpha value is -2.37. The van der Waals surface area contributed by atoms with Crippen molar-refractivity contribution in [1.29, 1.82) is 0 Å². The van der Waals surface area contributed by atoms with Crippen molar-refractivity contribution in [2.75, 3.05) is 6.54 Å². The molecule has 6 atom stereocenters. The molecule has 3 amide bonds. The van der Waals surface area contributed by atoms with Crippen molar-refractivity contribution in [3.05, 3.63) is 0 Å². The second-order valence-electron chi connectivity index (χ2n) is 15.2. The molecular weight excluding hydrogens is 562 g/mol. The van der Waals surface area contributed by atoms with Gasteiger partial charge in [0.2, 0.25) is 17.6 Å². The highest BCUT2D eigenvalue weighted by atomic mass is 16.3. The van der Waals surface area contributed by atoms with Crippen molar-refractivity contribution >= 4 is 29.3 Å². The third kappa shape index (κ3) is 9.57. The minimum atomic E-state index is -1.33. The topological polar surface area (TPSA) is 171 Å². The molecule has 1 heterocycles. The third-order valence-corrected chi connectivity index (χ3v) is 9.78. The molecule has 0 aromatic rings. The van der Waals surface area contributed by atoms with Crippen LogP contribution in [0.5, 0.6) is 0 Å². The molecule has 44 heavy (non-hydrogen) atoms. The first-order chi connectivity index (χ1) is 20.5. The number of primary amides is 1. The van der Waals surface area contributed by atoms with Crippen molar-refractivity contribution in [3.63, 3.8) is 0 Å². The number of nitrogens with two attached hydrogens (primary N) is 1. The minimum absolute atomic E-state index is 0.0405. The van der Waals surface area contributed by atoms with E-state index in [0.717, 1.165) is 44.9 Å². The van der Waals surface area contributed by atoms with Gasteiger partial charge in [-0.05, 0) is 54.8 Å². The van der Waals surface area contributed by atoms with Gasteiger partial charge in [0, 0.05) is 12.5 Å². The van der Waals surface area contributed by atoms with Gasteiger partial charge in [0.25, 0.3) is 5.91 Å². The van der Waals surface area contributed by atoms with Crippen molar-refractivity contribution in [2.45, 2.75) is 137 Å². The molecule has 11 heteroatoms. The third-order valence-electron chi connectivity index (χ3n) is 9.78. The molecule has 1 aliphatic heterocycles. The Bertz CT molecular complexity index is 1050. The monoisotopic (exact) mass is 619 g/mol. The fraction of sp³-hybridized carbons (Fsp3) is 0.848. The average molecular weight is 620 g/mol. The molecule has 250 valence electrons. The van der Waals surface area contributed by atoms with Gasteiger partial charge in [-0.2, -0.15) is 0 Å². The van der Waals surface area contributed by atoms with Gasteiger partial charge in [0.15, 0.2) is 12.1 Å². The molecule has 0 bridgehead atoms. The van der Waals surface area contributed by atoms with Gasteiger partial charge in [-0.1, -0.05) is 80.6 Å². The number of ketones is 2. The predicted molar refractivity (Wildman–Crippen MR) is 168 cm³/mol. The summed E-state index contributed by atoms with van der Waals surface area (Å²) in [6.07, 6.45) is 6.35. The van der Waals surface area contributed by atoms with Crippen molar-refractivity contribution < 1.29 is 29.1 Å². The van der Waals surface area contributed by atoms with Crippen LogP contribution in [0.2, 0.25) is 0 Å². The quantitative estimate of drug-likeness (QED) is 0.137. The molecule has 3 aliphatic rings. The van der Waals surface area contributed by atoms with Crippen LogP contribution in [-0.2, 0) is 24.0 Å². The maximum Gasteiger partial charge on any atom is 0.287 e. The standard InChI is InChI=1S/C33H57N5O6/c1-18(2)22-16-24(30(42)35-23(15-20-13-14-20)27(40)29(34)41)38(17-22)31(43)28(33(5,6)7)37-32(44)36-25(26(39)19(3)4)21-11-9-8-10-12-21/h18-25,28,32,36-37,44H,8-17H2,1-7H3,(H2,34,41)(H,35,42)/t22-,23?,24+,25+,28-,32?/m1/s1. The van der Waals surface area contributed by atoms with Gasteiger partial charge >= 0.3 is 0 Å². The van der Waals surface area contributed by atoms with Gasteiger partial charge < -0.3 is 21.1 Å². The molecule has 0 aromatic carbocycles. The number of nitrogens with zero attached hydrogens (tertiary/aromatic N) is 1. The van der Waals surface area contributed by atoms with Crippen LogP contribution in [0.1, 0.15) is 106 Å². The molecular formula is C33H57N5O6. The zero-order valence-corrected chi connectivity index (χ0v) is 27.9. The summed E-state index contributed by atoms with van der Waals surface area (Å²) in [4.78, 5) is 67.0. The molecule has 1 saturated heterocycles. The second-order valence-corrected chi connectivity index (χ2v) is 15.2. The lowest BCUT2D eigenvalue weighted by Gasteiger charge is -2.38. The summed E-state index contributed by atoms with van der Waals surface area (Å²) in [5.74, 6) is -2.28. The first-order valence-corrected chi connectivity index (χ1v) is 16.7. The zero-order chi connectivity index (χ0) is 32.9. The number of aliphatic hydroxyl groups excluding tert-OH is 1. The molecule has 6 N–H and O–H groups in total. The fourth-order valence-corrected chi connectivity index (χ4v) is 6.71. The molecule has 2 unspecified atom stereocenters. The van der Waals surface area contributed by atoms with Crippen LogP contribution in [0.25, 0.3) is 0 Å². The second kappa shape index (κ2) is 15.3. The lowest BCUT2D eigenvalue weighted by atomic mass is 9.80. The minimum Gasteiger partial charge on any atom is -0.365 e. The molecule has 0 aromatic heterocycles. The summed E-state index contributed by atoms with van der Waals surface area (Å²) in [7, 11) is 0. The van der Waals surface area contributed by atoms with E-state index < -0.39 is 53.5 Å². The van der Waals surface area contributed by atoms with Gasteiger partial charge in [-0.3, -0.25) is 34.6 Å². The van der Waals surface area contributed by atoms with E-state index >= 15 is 0 Å². The summed E-state index contributed by atoms with van der Waals surface area (Å²) in [6, 6.07) is -3.27. The summed E-state index contributed by atoms with van der Waals surface area (Å²) >= 11 is 0. The molecule has 2 aliphatic carbocycles. The number of hydrogen-bond acceptors (Lipinski definition) is 8. The number of rotatable bonds is 15. The Labute approximate surface area is 263 Å². The number of likely N-dealkylation sites (tertiary alicyclic amines) is 1. The average Bonchev–Trinajstić information content (AvgIpc) is 3.65. The Morgan fingerprint density at radius 3 is 2.02 bits per heavy atom. The first kappa shape index (κ1) is 36.1. The van der Waals surface area contributed by atoms with E-state index in [9.17, 15) is 29.1 Å². The largest absolute Gasteiger partial charge is 0.365 e. The smallest absolute Gasteiger partial charge is 0.287 e. The van der Waals surface area contributed by atoms with Crippen LogP contribution in [0.15, 0.2) is 0 Å². The Kier molecular flexibility index (Phi) is 12.5. The highest BCUT2D eigenvalue weighted by Crippen LogP contribution is 2.35. The molecule has 11 nitrogen and oxygen atoms in total. The van der Waals surface area contributed by atoms with Crippen LogP contribution in [0.4, 0.5) is 0 Å². The van der Waals surface area contributed by atoms with Gasteiger partial charge in [0.1, 0.15) is 6.04 Å². The lowest BCUT2D eigenvalue weighted by molar-refractivity contribution is -0.144. The van der Waals surface area contributed by atoms with Gasteiger partial charge in [-0.15, -0.1) is 0 Å². The normalized spacial score (nSPS) is 24.2. The number of Topliss-reactive ketones (excluding diaryl/α,β-unsaturated/α-hetero) is 2. The van der Waals surface area contributed by atoms with E-state index in [1.165, 1.54) is 0 Å². The lowest BCUT2D eigenvalue weighted by Crippen LogP contribution is -2.63. The van der Waals surface area contributed by atoms with Crippen LogP contribution in [-0.4, -0.2) is 76.4 Å². The molecule has 2 saturated carbocycles. The number of nitrogens with one attached hydrogen (secondary N) is 3. The summed E-state index contributed by atoms with van der Waals surface area (Å²) in [6.45, 7) is 13.8. The molecule has 0 spiro atoms. The van der Waals surface area contributed by atoms with Crippen LogP contribution in [0, 0.1) is 35.0 Å². The van der Waals surface area contributed by atoms with Crippen LogP contribution >= 0.6 is 0 Å². The van der Waals surface area contributed by atoms with E-state index in [0.29, 0.717) is 19.4 Å². The Balaban J connectivity index is 1.81. The summed E-state index contributed by atoms with van der Waals surface area (Å²) < 4.78 is 0. The highest BCUT2D eigenvalue weighted by molar-refractivity contribution is 6.37. The number of carbonyl (C=O) groups excluding carboxylic acids is 5. The van der Waals surface area contributed by atoms with Crippen molar-refractivity contribution in [2.24, 2.45) is 40.7 Å². The van der Waals surface area contributed by atoms with E-state index in [2.05, 4.69) is 16.0 Å². The molecule has 3 rings (SSSR count). The fourth-order valence-electron chi connectivity index (χ4n) is 6.71. The Morgan fingerprint density at radius 1 is 0.909 bits per heavy atom. The Morgan fingerprint density at radius 2 is 1.52 bits per heavy atom. The molecule has 3 fully saturated rings. The number of aliphatic hydroxyl groups is 1. The number of hydrogen-bond donors (Lipinski definition) is 5. The first-order valence-electron chi connectivity index (χ1n) is 16.7. The van der Waals surface area contributed by atoms with E-state index in [1.54, 1.807) is 4.90 Å². The zero-order valence-electron chi connectivity index (χ0n) is 27.9. The van der Waals surface area contributed by atoms with Gasteiger partial charge in [0.05, 0.1) is 18.1 Å². The van der Waals surface area contributed by atoms with E-state index in [4.69, 9.17) is 5.73 Å². The SMILES string of the molecule is CC(C)C(=O)[C@@H](NC(O)N[C@H](C(=O)N1C[C@H](C(C)C)C[C@H]1C(=O)NC(CC1CC1)C(=O)C(N)=O)C(C)(C)C)C1CCCCC1. The number of amides is 3. The highest BCUT2D eigenvalue weighted by Gasteiger charge is 2.46. The summed E-state index contributed by atoms with van der Waals surface area (Å²) in [5.41, 5.74) is 4.63. The van der Waals surface area contributed by atoms with Crippen molar-refractivity contribution in [1.82, 2.24) is 20.9 Å².